The Labute approximate surface area is 148 Å². The Morgan fingerprint density at radius 2 is 2.08 bits per heavy atom. The second kappa shape index (κ2) is 5.82. The van der Waals surface area contributed by atoms with Crippen molar-refractivity contribution in [2.24, 2.45) is 4.99 Å². The molecule has 4 nitrogen and oxygen atoms in total. The summed E-state index contributed by atoms with van der Waals surface area (Å²) in [6, 6.07) is 10.7. The maximum absolute atomic E-state index is 14.5. The molecule has 0 aliphatic carbocycles. The fourth-order valence-electron chi connectivity index (χ4n) is 3.11. The van der Waals surface area contributed by atoms with Gasteiger partial charge in [0, 0.05) is 22.2 Å². The molecule has 2 atom stereocenters. The quantitative estimate of drug-likeness (QED) is 0.839. The third-order valence-electron chi connectivity index (χ3n) is 4.40. The Hall–Kier alpha value is -2.44. The first-order chi connectivity index (χ1) is 12.0. The van der Waals surface area contributed by atoms with Gasteiger partial charge in [0.2, 0.25) is 0 Å². The van der Waals surface area contributed by atoms with Crippen molar-refractivity contribution in [2.45, 2.75) is 11.7 Å². The second-order valence-corrected chi connectivity index (χ2v) is 6.33. The summed E-state index contributed by atoms with van der Waals surface area (Å²) >= 11 is 6.28. The van der Waals surface area contributed by atoms with Crippen molar-refractivity contribution < 1.29 is 13.5 Å². The van der Waals surface area contributed by atoms with Crippen LogP contribution in [0.5, 0.6) is 0 Å². The van der Waals surface area contributed by atoms with E-state index >= 15 is 0 Å². The zero-order valence-electron chi connectivity index (χ0n) is 13.0. The highest BCUT2D eigenvalue weighted by Gasteiger charge is 2.61. The molecule has 2 aliphatic heterocycles. The summed E-state index contributed by atoms with van der Waals surface area (Å²) < 4.78 is 33.8. The fourth-order valence-corrected chi connectivity index (χ4v) is 3.35. The van der Waals surface area contributed by atoms with Gasteiger partial charge in [-0.2, -0.15) is 0 Å². The van der Waals surface area contributed by atoms with Crippen LogP contribution in [-0.2, 0) is 10.3 Å². The summed E-state index contributed by atoms with van der Waals surface area (Å²) in [4.78, 5) is 4.04. The number of halogens is 3. The Bertz CT molecular complexity index is 888. The molecule has 1 saturated heterocycles. The first-order valence-corrected chi connectivity index (χ1v) is 8.02. The second-order valence-electron chi connectivity index (χ2n) is 5.92. The number of nitrogens with one attached hydrogen (secondary N) is 1. The van der Waals surface area contributed by atoms with Crippen LogP contribution in [-0.4, -0.2) is 17.9 Å². The summed E-state index contributed by atoms with van der Waals surface area (Å²) in [5.41, 5.74) is 2.91. The summed E-state index contributed by atoms with van der Waals surface area (Å²) in [5, 5.41) is 2.18. The van der Waals surface area contributed by atoms with E-state index in [9.17, 15) is 8.78 Å². The zero-order valence-corrected chi connectivity index (χ0v) is 13.8. The third kappa shape index (κ3) is 2.67. The van der Waals surface area contributed by atoms with Crippen LogP contribution in [0.25, 0.3) is 0 Å². The van der Waals surface area contributed by atoms with Gasteiger partial charge in [0.15, 0.2) is 0 Å². The van der Waals surface area contributed by atoms with E-state index < -0.39 is 23.3 Å². The molecule has 2 aromatic carbocycles. The van der Waals surface area contributed by atoms with Gasteiger partial charge in [0.05, 0.1) is 6.54 Å². The number of benzene rings is 2. The van der Waals surface area contributed by atoms with Crippen LogP contribution in [0, 0.1) is 11.6 Å². The van der Waals surface area contributed by atoms with E-state index in [-0.39, 0.29) is 12.1 Å². The molecule has 4 rings (SSSR count). The van der Waals surface area contributed by atoms with Crippen molar-refractivity contribution in [3.63, 3.8) is 0 Å². The fraction of sp³-hybridized carbons (Fsp3) is 0.167. The maximum Gasteiger partial charge on any atom is 0.147 e. The summed E-state index contributed by atoms with van der Waals surface area (Å²) in [7, 11) is 0. The van der Waals surface area contributed by atoms with E-state index in [0.29, 0.717) is 10.8 Å². The van der Waals surface area contributed by atoms with E-state index in [1.807, 2.05) is 18.2 Å². The molecule has 0 bridgehead atoms. The van der Waals surface area contributed by atoms with Crippen LogP contribution in [0.1, 0.15) is 17.2 Å². The van der Waals surface area contributed by atoms with Crippen molar-refractivity contribution in [1.82, 2.24) is 10.4 Å². The van der Waals surface area contributed by atoms with Crippen molar-refractivity contribution >= 4 is 17.9 Å². The minimum Gasteiger partial charge on any atom is -0.354 e. The molecule has 128 valence electrons. The zero-order chi connectivity index (χ0) is 17.6. The van der Waals surface area contributed by atoms with E-state index in [1.165, 1.54) is 18.5 Å². The molecule has 2 unspecified atom stereocenters. The topological polar surface area (TPSA) is 40.2 Å². The molecule has 0 saturated carbocycles. The first-order valence-electron chi connectivity index (χ1n) is 7.64. The first kappa shape index (κ1) is 16.1. The predicted molar refractivity (Wildman–Crippen MR) is 90.8 cm³/mol. The number of hydrazine groups is 1. The molecule has 2 heterocycles. The van der Waals surface area contributed by atoms with Gasteiger partial charge in [-0.15, -0.1) is 0 Å². The molecule has 0 spiro atoms. The van der Waals surface area contributed by atoms with Gasteiger partial charge in [-0.25, -0.2) is 13.8 Å². The van der Waals surface area contributed by atoms with Crippen molar-refractivity contribution in [3.05, 3.63) is 82.6 Å². The van der Waals surface area contributed by atoms with Gasteiger partial charge in [-0.3, -0.25) is 10.4 Å². The Balaban J connectivity index is 1.75. The highest BCUT2D eigenvalue weighted by Crippen LogP contribution is 2.59. The van der Waals surface area contributed by atoms with Gasteiger partial charge >= 0.3 is 0 Å². The smallest absolute Gasteiger partial charge is 0.147 e. The average molecular weight is 362 g/mol. The monoisotopic (exact) mass is 361 g/mol. The Morgan fingerprint density at radius 3 is 2.76 bits per heavy atom. The van der Waals surface area contributed by atoms with E-state index in [4.69, 9.17) is 16.3 Å². The van der Waals surface area contributed by atoms with Crippen molar-refractivity contribution in [1.29, 1.82) is 0 Å². The van der Waals surface area contributed by atoms with Crippen LogP contribution in [0.3, 0.4) is 0 Å². The van der Waals surface area contributed by atoms with E-state index in [2.05, 4.69) is 17.0 Å². The Kier molecular flexibility index (Phi) is 3.74. The van der Waals surface area contributed by atoms with E-state index in [0.717, 1.165) is 11.6 Å². The molecule has 0 amide bonds. The summed E-state index contributed by atoms with van der Waals surface area (Å²) in [6.07, 6.45) is 1.03. The largest absolute Gasteiger partial charge is 0.354 e. The molecule has 2 aliphatic rings. The minimum absolute atomic E-state index is 0.240. The molecule has 7 heteroatoms. The van der Waals surface area contributed by atoms with Crippen LogP contribution in [0.2, 0.25) is 5.02 Å². The maximum atomic E-state index is 14.5. The number of aliphatic imine (C=N–C) groups is 1. The number of ether oxygens (including phenoxy) is 1. The lowest BCUT2D eigenvalue weighted by Gasteiger charge is -2.24. The highest BCUT2D eigenvalue weighted by molar-refractivity contribution is 6.31. The summed E-state index contributed by atoms with van der Waals surface area (Å²) in [5.74, 6) is -0.825. The van der Waals surface area contributed by atoms with Crippen LogP contribution < -0.4 is 5.43 Å². The lowest BCUT2D eigenvalue weighted by Crippen LogP contribution is -2.38. The van der Waals surface area contributed by atoms with Crippen LogP contribution in [0.4, 0.5) is 8.78 Å². The minimum atomic E-state index is -1.02. The normalized spacial score (nSPS) is 24.5. The Morgan fingerprint density at radius 1 is 1.28 bits per heavy atom. The molecule has 2 aromatic rings. The predicted octanol–water partition coefficient (Wildman–Crippen LogP) is 3.90. The third-order valence-corrected chi connectivity index (χ3v) is 4.75. The van der Waals surface area contributed by atoms with Crippen LogP contribution >= 0.6 is 11.6 Å². The molecule has 25 heavy (non-hydrogen) atoms. The molecule has 0 aromatic heterocycles. The highest BCUT2D eigenvalue weighted by atomic mass is 35.5. The average Bonchev–Trinajstić information content (AvgIpc) is 3.14. The van der Waals surface area contributed by atoms with Gasteiger partial charge in [0.1, 0.15) is 35.5 Å². The number of hydrogen-bond donors (Lipinski definition) is 1. The van der Waals surface area contributed by atoms with E-state index in [1.54, 1.807) is 11.1 Å². The molecule has 1 fully saturated rings. The molecule has 0 radical (unpaired) electrons. The lowest BCUT2D eigenvalue weighted by molar-refractivity contribution is 0.202. The number of rotatable bonds is 4. The van der Waals surface area contributed by atoms with Gasteiger partial charge in [-0.05, 0) is 12.1 Å². The number of nitrogens with zero attached hydrogens (tertiary/aromatic N) is 2. The number of hydrogen-bond acceptors (Lipinski definition) is 4. The van der Waals surface area contributed by atoms with Crippen LogP contribution in [0.15, 0.2) is 59.9 Å². The SMILES string of the molecule is C=C1N=CNN1CC1(c2ccc(F)cc2F)OC1c1ccccc1Cl. The summed E-state index contributed by atoms with van der Waals surface area (Å²) in [6.45, 7) is 4.06. The lowest BCUT2D eigenvalue weighted by atomic mass is 9.91. The van der Waals surface area contributed by atoms with Gasteiger partial charge < -0.3 is 4.74 Å². The van der Waals surface area contributed by atoms with Crippen molar-refractivity contribution in [3.8, 4) is 0 Å². The molecule has 1 N–H and O–H groups in total. The standard InChI is InChI=1S/C18H14ClF2N3O/c1-11-22-10-23-24(11)9-18(14-7-6-12(20)8-16(14)21)17(25-18)13-4-2-3-5-15(13)19/h2-8,10,17H,1,9H2,(H,22,23). The van der Waals surface area contributed by atoms with Gasteiger partial charge in [0.25, 0.3) is 0 Å². The molecular weight excluding hydrogens is 348 g/mol. The van der Waals surface area contributed by atoms with Gasteiger partial charge in [-0.1, -0.05) is 42.4 Å². The molecular formula is C18H14ClF2N3O. The number of epoxide rings is 1. The van der Waals surface area contributed by atoms with Crippen molar-refractivity contribution in [2.75, 3.05) is 6.54 Å².